The van der Waals surface area contributed by atoms with Gasteiger partial charge in [-0.1, -0.05) is 37.1 Å². The molecule has 3 aromatic carbocycles. The van der Waals surface area contributed by atoms with Crippen molar-refractivity contribution in [3.8, 4) is 0 Å². The second kappa shape index (κ2) is 9.57. The Hall–Kier alpha value is -2.83. The average Bonchev–Trinajstić information content (AvgIpc) is 3.14. The summed E-state index contributed by atoms with van der Waals surface area (Å²) in [4.78, 5) is 13.0. The van der Waals surface area contributed by atoms with E-state index in [1.54, 1.807) is 30.3 Å². The molecular formula is C26H27ClN2O3S. The van der Waals surface area contributed by atoms with Crippen molar-refractivity contribution in [1.82, 2.24) is 0 Å². The molecule has 3 aromatic rings. The molecule has 1 N–H and O–H groups in total. The Bertz CT molecular complexity index is 1260. The largest absolute Gasteiger partial charge is 0.322 e. The molecule has 0 radical (unpaired) electrons. The lowest BCUT2D eigenvalue weighted by atomic mass is 10.1. The van der Waals surface area contributed by atoms with E-state index in [2.05, 4.69) is 12.2 Å². The smallest absolute Gasteiger partial charge is 0.264 e. The molecule has 1 heterocycles. The number of hydrogen-bond donors (Lipinski definition) is 1. The molecule has 0 aromatic heterocycles. The van der Waals surface area contributed by atoms with E-state index in [1.807, 2.05) is 31.2 Å². The maximum atomic E-state index is 13.3. The predicted octanol–water partition coefficient (Wildman–Crippen LogP) is 6.07. The summed E-state index contributed by atoms with van der Waals surface area (Å²) < 4.78 is 28.0. The van der Waals surface area contributed by atoms with Crippen LogP contribution in [-0.4, -0.2) is 20.4 Å². The van der Waals surface area contributed by atoms with Gasteiger partial charge in [-0.25, -0.2) is 8.42 Å². The van der Waals surface area contributed by atoms with E-state index >= 15 is 0 Å². The lowest BCUT2D eigenvalue weighted by molar-refractivity contribution is 0.102. The van der Waals surface area contributed by atoms with Crippen LogP contribution >= 0.6 is 11.6 Å². The summed E-state index contributed by atoms with van der Waals surface area (Å²) in [6.45, 7) is 4.03. The van der Waals surface area contributed by atoms with Crippen molar-refractivity contribution in [3.63, 3.8) is 0 Å². The van der Waals surface area contributed by atoms with Gasteiger partial charge in [0, 0.05) is 22.3 Å². The Morgan fingerprint density at radius 1 is 1.06 bits per heavy atom. The Balaban J connectivity index is 1.53. The monoisotopic (exact) mass is 482 g/mol. The van der Waals surface area contributed by atoms with Gasteiger partial charge in [-0.2, -0.15) is 0 Å². The molecule has 0 unspecified atom stereocenters. The number of halogens is 1. The molecule has 172 valence electrons. The van der Waals surface area contributed by atoms with E-state index in [0.717, 1.165) is 30.5 Å². The first-order valence-corrected chi connectivity index (χ1v) is 12.9. The van der Waals surface area contributed by atoms with Crippen molar-refractivity contribution in [2.24, 2.45) is 0 Å². The quantitative estimate of drug-likeness (QED) is 0.444. The van der Waals surface area contributed by atoms with E-state index in [-0.39, 0.29) is 16.8 Å². The van der Waals surface area contributed by atoms with Gasteiger partial charge in [0.1, 0.15) is 0 Å². The molecule has 4 rings (SSSR count). The van der Waals surface area contributed by atoms with Gasteiger partial charge in [0.05, 0.1) is 10.6 Å². The number of carbonyl (C=O) groups excluding carboxylic acids is 1. The van der Waals surface area contributed by atoms with Crippen molar-refractivity contribution < 1.29 is 13.2 Å². The number of benzene rings is 3. The van der Waals surface area contributed by atoms with Gasteiger partial charge in [-0.15, -0.1) is 0 Å². The molecule has 7 heteroatoms. The minimum Gasteiger partial charge on any atom is -0.322 e. The SMILES string of the molecule is CCCCc1ccc(NC(=O)c2ccc3c(c2)C[C@H](C)N3S(=O)(=O)c2ccc(Cl)cc2)cc1. The van der Waals surface area contributed by atoms with E-state index < -0.39 is 10.0 Å². The summed E-state index contributed by atoms with van der Waals surface area (Å²) in [5.74, 6) is -0.217. The van der Waals surface area contributed by atoms with Crippen molar-refractivity contribution in [2.75, 3.05) is 9.62 Å². The molecule has 0 fully saturated rings. The number of carbonyl (C=O) groups is 1. The van der Waals surface area contributed by atoms with Crippen LogP contribution in [0.4, 0.5) is 11.4 Å². The fourth-order valence-corrected chi connectivity index (χ4v) is 5.99. The number of nitrogens with zero attached hydrogens (tertiary/aromatic N) is 1. The molecule has 0 aliphatic carbocycles. The number of unbranched alkanes of at least 4 members (excludes halogenated alkanes) is 1. The molecule has 0 saturated carbocycles. The first kappa shape index (κ1) is 23.3. The fraction of sp³-hybridized carbons (Fsp3) is 0.269. The normalized spacial score (nSPS) is 15.4. The van der Waals surface area contributed by atoms with Gasteiger partial charge in [-0.05, 0) is 91.9 Å². The number of hydrogen-bond acceptors (Lipinski definition) is 3. The molecular weight excluding hydrogens is 456 g/mol. The lowest BCUT2D eigenvalue weighted by Gasteiger charge is -2.24. The predicted molar refractivity (Wildman–Crippen MR) is 134 cm³/mol. The molecule has 1 amide bonds. The van der Waals surface area contributed by atoms with Crippen LogP contribution in [0, 0.1) is 0 Å². The van der Waals surface area contributed by atoms with Gasteiger partial charge in [0.15, 0.2) is 0 Å². The molecule has 0 saturated heterocycles. The standard InChI is InChI=1S/C26H27ClN2O3S/c1-3-4-5-19-6-11-23(12-7-19)28-26(30)20-8-15-25-21(17-20)16-18(2)29(25)33(31,32)24-13-9-22(27)10-14-24/h6-15,17-18H,3-5,16H2,1-2H3,(H,28,30)/t18-/m0/s1. The zero-order chi connectivity index (χ0) is 23.6. The Morgan fingerprint density at radius 3 is 2.42 bits per heavy atom. The van der Waals surface area contributed by atoms with Crippen LogP contribution in [-0.2, 0) is 22.9 Å². The molecule has 33 heavy (non-hydrogen) atoms. The van der Waals surface area contributed by atoms with Gasteiger partial charge >= 0.3 is 0 Å². The highest BCUT2D eigenvalue weighted by molar-refractivity contribution is 7.92. The van der Waals surface area contributed by atoms with Crippen LogP contribution < -0.4 is 9.62 Å². The van der Waals surface area contributed by atoms with E-state index in [4.69, 9.17) is 11.6 Å². The van der Waals surface area contributed by atoms with Crippen LogP contribution in [0.15, 0.2) is 71.6 Å². The molecule has 1 aliphatic heterocycles. The van der Waals surface area contributed by atoms with Crippen LogP contribution in [0.25, 0.3) is 0 Å². The van der Waals surface area contributed by atoms with E-state index in [9.17, 15) is 13.2 Å². The summed E-state index contributed by atoms with van der Waals surface area (Å²) in [5, 5.41) is 3.41. The van der Waals surface area contributed by atoms with Crippen molar-refractivity contribution >= 4 is 38.9 Å². The number of amides is 1. The molecule has 0 spiro atoms. The third-order valence-electron chi connectivity index (χ3n) is 5.90. The van der Waals surface area contributed by atoms with Crippen LogP contribution in [0.2, 0.25) is 5.02 Å². The summed E-state index contributed by atoms with van der Waals surface area (Å²) >= 11 is 5.92. The fourth-order valence-electron chi connectivity index (χ4n) is 4.17. The molecule has 1 atom stereocenters. The van der Waals surface area contributed by atoms with Gasteiger partial charge in [0.25, 0.3) is 15.9 Å². The molecule has 5 nitrogen and oxygen atoms in total. The Kier molecular flexibility index (Phi) is 6.77. The van der Waals surface area contributed by atoms with Crippen LogP contribution in [0.3, 0.4) is 0 Å². The van der Waals surface area contributed by atoms with Gasteiger partial charge < -0.3 is 5.32 Å². The zero-order valence-electron chi connectivity index (χ0n) is 18.7. The minimum absolute atomic E-state index is 0.191. The third-order valence-corrected chi connectivity index (χ3v) is 8.09. The highest BCUT2D eigenvalue weighted by Crippen LogP contribution is 2.37. The van der Waals surface area contributed by atoms with Crippen molar-refractivity contribution in [1.29, 1.82) is 0 Å². The van der Waals surface area contributed by atoms with Crippen molar-refractivity contribution in [3.05, 3.63) is 88.4 Å². The lowest BCUT2D eigenvalue weighted by Crippen LogP contribution is -2.35. The minimum atomic E-state index is -3.74. The second-order valence-electron chi connectivity index (χ2n) is 8.41. The highest BCUT2D eigenvalue weighted by Gasteiger charge is 2.36. The van der Waals surface area contributed by atoms with E-state index in [1.165, 1.54) is 22.0 Å². The third kappa shape index (κ3) is 4.92. The summed E-state index contributed by atoms with van der Waals surface area (Å²) in [5.41, 5.74) is 3.93. The topological polar surface area (TPSA) is 66.5 Å². The van der Waals surface area contributed by atoms with Gasteiger partial charge in [0.2, 0.25) is 0 Å². The molecule has 1 aliphatic rings. The number of anilines is 2. The maximum Gasteiger partial charge on any atom is 0.264 e. The van der Waals surface area contributed by atoms with Gasteiger partial charge in [-0.3, -0.25) is 9.10 Å². The molecule has 0 bridgehead atoms. The summed E-state index contributed by atoms with van der Waals surface area (Å²) in [7, 11) is -3.74. The van der Waals surface area contributed by atoms with Crippen LogP contribution in [0.1, 0.15) is 48.2 Å². The van der Waals surface area contributed by atoms with Crippen molar-refractivity contribution in [2.45, 2.75) is 50.5 Å². The number of aryl methyl sites for hydroxylation is 1. The summed E-state index contributed by atoms with van der Waals surface area (Å²) in [6, 6.07) is 19.0. The highest BCUT2D eigenvalue weighted by atomic mass is 35.5. The van der Waals surface area contributed by atoms with E-state index in [0.29, 0.717) is 22.7 Å². The second-order valence-corrected chi connectivity index (χ2v) is 10.7. The Labute approximate surface area is 200 Å². The first-order chi connectivity index (χ1) is 15.8. The number of fused-ring (bicyclic) bond motifs is 1. The first-order valence-electron chi connectivity index (χ1n) is 11.1. The number of sulfonamides is 1. The number of nitrogens with one attached hydrogen (secondary N) is 1. The average molecular weight is 483 g/mol. The number of rotatable bonds is 7. The van der Waals surface area contributed by atoms with Crippen LogP contribution in [0.5, 0.6) is 0 Å². The maximum absolute atomic E-state index is 13.3. The summed E-state index contributed by atoms with van der Waals surface area (Å²) in [6.07, 6.45) is 3.86. The Morgan fingerprint density at radius 2 is 1.76 bits per heavy atom. The zero-order valence-corrected chi connectivity index (χ0v) is 20.3.